The smallest absolute Gasteiger partial charge is 0.000946 e. The summed E-state index contributed by atoms with van der Waals surface area (Å²) < 4.78 is 0. The van der Waals surface area contributed by atoms with Crippen molar-refractivity contribution >= 4 is 0 Å². The van der Waals surface area contributed by atoms with Gasteiger partial charge in [-0.2, -0.15) is 0 Å². The van der Waals surface area contributed by atoms with Gasteiger partial charge in [-0.25, -0.2) is 0 Å². The molecule has 3 fully saturated rings. The number of hydrogen-bond acceptors (Lipinski definition) is 1. The first-order valence-corrected chi connectivity index (χ1v) is 7.71. The minimum atomic E-state index is 0.622. The van der Waals surface area contributed by atoms with Gasteiger partial charge in [0.05, 0.1) is 0 Å². The molecule has 98 valence electrons. The molecule has 0 heterocycles. The second-order valence-corrected chi connectivity index (χ2v) is 7.86. The molecule has 0 radical (unpaired) electrons. The van der Waals surface area contributed by atoms with Crippen molar-refractivity contribution in [3.63, 3.8) is 0 Å². The average molecular weight is 235 g/mol. The van der Waals surface area contributed by atoms with Gasteiger partial charge >= 0.3 is 0 Å². The highest BCUT2D eigenvalue weighted by Gasteiger charge is 2.77. The summed E-state index contributed by atoms with van der Waals surface area (Å²) in [7, 11) is 0. The summed E-state index contributed by atoms with van der Waals surface area (Å²) in [5.74, 6) is 3.98. The second kappa shape index (κ2) is 3.73. The van der Waals surface area contributed by atoms with Crippen LogP contribution < -0.4 is 5.32 Å². The second-order valence-electron chi connectivity index (χ2n) is 7.86. The molecular formula is C16H29N. The molecule has 0 aromatic rings. The van der Waals surface area contributed by atoms with Crippen LogP contribution in [0.15, 0.2) is 0 Å². The molecule has 3 rings (SSSR count). The van der Waals surface area contributed by atoms with Crippen molar-refractivity contribution in [2.24, 2.45) is 34.5 Å². The van der Waals surface area contributed by atoms with Crippen LogP contribution >= 0.6 is 0 Å². The summed E-state index contributed by atoms with van der Waals surface area (Å²) >= 11 is 0. The van der Waals surface area contributed by atoms with Crippen LogP contribution in [0.4, 0.5) is 0 Å². The fraction of sp³-hybridized carbons (Fsp3) is 1.00. The summed E-state index contributed by atoms with van der Waals surface area (Å²) in [6, 6.07) is 0. The Balaban J connectivity index is 1.62. The summed E-state index contributed by atoms with van der Waals surface area (Å²) in [5.41, 5.74) is 1.37. The molecule has 0 saturated heterocycles. The van der Waals surface area contributed by atoms with Crippen LogP contribution in [0.5, 0.6) is 0 Å². The number of fused-ring (bicyclic) bond motifs is 2. The SMILES string of the molecule is CC(C)CNCC1C(C)(C)C12CCCC1CC12. The van der Waals surface area contributed by atoms with Gasteiger partial charge in [0, 0.05) is 0 Å². The first kappa shape index (κ1) is 12.0. The molecule has 1 nitrogen and oxygen atoms in total. The van der Waals surface area contributed by atoms with Crippen molar-refractivity contribution in [3.05, 3.63) is 0 Å². The third kappa shape index (κ3) is 1.61. The third-order valence-electron chi connectivity index (χ3n) is 6.26. The zero-order chi connectivity index (χ0) is 12.3. The summed E-state index contributed by atoms with van der Waals surface area (Å²) in [6.45, 7) is 12.1. The van der Waals surface area contributed by atoms with E-state index in [9.17, 15) is 0 Å². The minimum Gasteiger partial charge on any atom is -0.316 e. The van der Waals surface area contributed by atoms with Gasteiger partial charge in [-0.3, -0.25) is 0 Å². The molecule has 0 amide bonds. The lowest BCUT2D eigenvalue weighted by Crippen LogP contribution is -2.25. The van der Waals surface area contributed by atoms with Gasteiger partial charge in [0.1, 0.15) is 0 Å². The van der Waals surface area contributed by atoms with E-state index in [0.717, 1.165) is 29.1 Å². The quantitative estimate of drug-likeness (QED) is 0.783. The zero-order valence-electron chi connectivity index (χ0n) is 12.1. The lowest BCUT2D eigenvalue weighted by Gasteiger charge is -2.25. The van der Waals surface area contributed by atoms with E-state index in [2.05, 4.69) is 33.0 Å². The van der Waals surface area contributed by atoms with Gasteiger partial charge in [-0.15, -0.1) is 0 Å². The highest BCUT2D eigenvalue weighted by atomic mass is 14.9. The van der Waals surface area contributed by atoms with E-state index in [1.165, 1.54) is 32.4 Å². The Morgan fingerprint density at radius 1 is 1.29 bits per heavy atom. The maximum absolute atomic E-state index is 3.71. The predicted molar refractivity (Wildman–Crippen MR) is 72.9 cm³/mol. The first-order chi connectivity index (χ1) is 8.00. The molecule has 0 aromatic carbocycles. The third-order valence-corrected chi connectivity index (χ3v) is 6.26. The van der Waals surface area contributed by atoms with Gasteiger partial charge in [0.2, 0.25) is 0 Å². The van der Waals surface area contributed by atoms with E-state index in [4.69, 9.17) is 0 Å². The summed E-state index contributed by atoms with van der Waals surface area (Å²) in [5, 5.41) is 3.71. The number of nitrogens with one attached hydrogen (secondary N) is 1. The lowest BCUT2D eigenvalue weighted by molar-refractivity contribution is 0.240. The fourth-order valence-corrected chi connectivity index (χ4v) is 5.23. The largest absolute Gasteiger partial charge is 0.316 e. The van der Waals surface area contributed by atoms with Crippen molar-refractivity contribution in [1.29, 1.82) is 0 Å². The van der Waals surface area contributed by atoms with E-state index < -0.39 is 0 Å². The van der Waals surface area contributed by atoms with E-state index in [-0.39, 0.29) is 0 Å². The van der Waals surface area contributed by atoms with Crippen LogP contribution in [0.2, 0.25) is 0 Å². The van der Waals surface area contributed by atoms with E-state index >= 15 is 0 Å². The van der Waals surface area contributed by atoms with Crippen molar-refractivity contribution in [2.45, 2.75) is 53.4 Å². The van der Waals surface area contributed by atoms with Crippen molar-refractivity contribution in [3.8, 4) is 0 Å². The molecule has 1 N–H and O–H groups in total. The van der Waals surface area contributed by atoms with Gasteiger partial charge in [0.15, 0.2) is 0 Å². The standard InChI is InChI=1S/C16H29N/c1-11(2)9-17-10-14-15(3,4)16(14)7-5-6-12-8-13(12)16/h11-14,17H,5-10H2,1-4H3. The average Bonchev–Trinajstić information content (AvgIpc) is 3.10. The van der Waals surface area contributed by atoms with Gasteiger partial charge in [-0.1, -0.05) is 40.5 Å². The molecule has 3 aliphatic rings. The summed E-state index contributed by atoms with van der Waals surface area (Å²) in [6.07, 6.45) is 6.12. The van der Waals surface area contributed by atoms with Crippen molar-refractivity contribution in [2.75, 3.05) is 13.1 Å². The Labute approximate surface area is 107 Å². The van der Waals surface area contributed by atoms with E-state index in [0.29, 0.717) is 5.41 Å². The molecule has 4 atom stereocenters. The molecule has 0 bridgehead atoms. The molecule has 3 aliphatic carbocycles. The first-order valence-electron chi connectivity index (χ1n) is 7.71. The molecule has 1 spiro atoms. The van der Waals surface area contributed by atoms with E-state index in [1.54, 1.807) is 6.42 Å². The van der Waals surface area contributed by atoms with Crippen LogP contribution in [-0.2, 0) is 0 Å². The maximum Gasteiger partial charge on any atom is -0.000946 e. The van der Waals surface area contributed by atoms with Crippen LogP contribution in [0.25, 0.3) is 0 Å². The lowest BCUT2D eigenvalue weighted by atomic mass is 9.80. The molecule has 17 heavy (non-hydrogen) atoms. The van der Waals surface area contributed by atoms with Gasteiger partial charge in [-0.05, 0) is 60.4 Å². The fourth-order valence-electron chi connectivity index (χ4n) is 5.23. The minimum absolute atomic E-state index is 0.622. The normalized spacial score (nSPS) is 46.1. The highest BCUT2D eigenvalue weighted by Crippen LogP contribution is 2.82. The number of hydrogen-bond donors (Lipinski definition) is 1. The molecule has 0 aliphatic heterocycles. The molecule has 1 heteroatoms. The van der Waals surface area contributed by atoms with Crippen molar-refractivity contribution in [1.82, 2.24) is 5.32 Å². The topological polar surface area (TPSA) is 12.0 Å². The van der Waals surface area contributed by atoms with Crippen LogP contribution in [0.3, 0.4) is 0 Å². The highest BCUT2D eigenvalue weighted by molar-refractivity contribution is 5.25. The van der Waals surface area contributed by atoms with Gasteiger partial charge in [0.25, 0.3) is 0 Å². The monoisotopic (exact) mass is 235 g/mol. The van der Waals surface area contributed by atoms with Crippen LogP contribution in [-0.4, -0.2) is 13.1 Å². The summed E-state index contributed by atoms with van der Waals surface area (Å²) in [4.78, 5) is 0. The Bertz CT molecular complexity index is 307. The van der Waals surface area contributed by atoms with Crippen LogP contribution in [0.1, 0.15) is 53.4 Å². The molecular weight excluding hydrogens is 206 g/mol. The predicted octanol–water partition coefficient (Wildman–Crippen LogP) is 3.69. The Hall–Kier alpha value is -0.0400. The number of rotatable bonds is 4. The maximum atomic E-state index is 3.71. The van der Waals surface area contributed by atoms with Crippen LogP contribution in [0, 0.1) is 34.5 Å². The zero-order valence-corrected chi connectivity index (χ0v) is 12.1. The van der Waals surface area contributed by atoms with Crippen molar-refractivity contribution < 1.29 is 0 Å². The van der Waals surface area contributed by atoms with Gasteiger partial charge < -0.3 is 5.32 Å². The Kier molecular flexibility index (Phi) is 2.63. The Morgan fingerprint density at radius 3 is 2.76 bits per heavy atom. The van der Waals surface area contributed by atoms with E-state index in [1.807, 2.05) is 0 Å². The molecule has 4 unspecified atom stereocenters. The Morgan fingerprint density at radius 2 is 2.06 bits per heavy atom. The molecule has 3 saturated carbocycles. The molecule has 0 aromatic heterocycles.